The summed E-state index contributed by atoms with van der Waals surface area (Å²) in [6, 6.07) is 4.60. The predicted molar refractivity (Wildman–Crippen MR) is 82.5 cm³/mol. The molecule has 138 valence electrons. The van der Waals surface area contributed by atoms with E-state index in [1.165, 1.54) is 26.0 Å². The van der Waals surface area contributed by atoms with Gasteiger partial charge in [-0.15, -0.1) is 5.10 Å². The smallest absolute Gasteiger partial charge is 0.274 e. The van der Waals surface area contributed by atoms with E-state index in [2.05, 4.69) is 15.1 Å². The summed E-state index contributed by atoms with van der Waals surface area (Å²) in [5.74, 6) is -1.38. The topological polar surface area (TPSA) is 89.3 Å². The monoisotopic (exact) mass is 389 g/mol. The lowest BCUT2D eigenvalue weighted by molar-refractivity contribution is -0.142. The Labute approximate surface area is 144 Å². The van der Waals surface area contributed by atoms with Gasteiger partial charge < -0.3 is 0 Å². The molecule has 3 aromatic rings. The van der Waals surface area contributed by atoms with E-state index >= 15 is 0 Å². The summed E-state index contributed by atoms with van der Waals surface area (Å²) in [4.78, 5) is 7.29. The minimum atomic E-state index is -4.80. The average molecular weight is 389 g/mol. The molecule has 0 atom stereocenters. The molecule has 0 aliphatic carbocycles. The summed E-state index contributed by atoms with van der Waals surface area (Å²) in [5.41, 5.74) is -1.30. The van der Waals surface area contributed by atoms with Crippen molar-refractivity contribution in [1.82, 2.24) is 19.6 Å². The fourth-order valence-electron chi connectivity index (χ4n) is 2.23. The van der Waals surface area contributed by atoms with Crippen LogP contribution in [0.25, 0.3) is 5.78 Å². The predicted octanol–water partition coefficient (Wildman–Crippen LogP) is 2.70. The molecule has 0 radical (unpaired) electrons. The molecule has 12 heteroatoms. The van der Waals surface area contributed by atoms with E-state index in [9.17, 15) is 26.0 Å². The third kappa shape index (κ3) is 3.19. The van der Waals surface area contributed by atoms with Crippen molar-refractivity contribution in [3.8, 4) is 0 Å². The van der Waals surface area contributed by atoms with Crippen LogP contribution in [0.3, 0.4) is 0 Å². The Kier molecular flexibility index (Phi) is 4.09. The summed E-state index contributed by atoms with van der Waals surface area (Å²) in [6.45, 7) is 2.77. The Hall–Kier alpha value is -2.76. The van der Waals surface area contributed by atoms with Gasteiger partial charge in [-0.05, 0) is 31.5 Å². The van der Waals surface area contributed by atoms with Crippen LogP contribution >= 0.6 is 0 Å². The number of hydrogen-bond donors (Lipinski definition) is 1. The fourth-order valence-corrected chi connectivity index (χ4v) is 3.23. The number of aryl methyl sites for hydroxylation is 2. The average Bonchev–Trinajstić information content (AvgIpc) is 2.94. The minimum Gasteiger partial charge on any atom is -0.274 e. The third-order valence-corrected chi connectivity index (χ3v) is 4.54. The van der Waals surface area contributed by atoms with Crippen molar-refractivity contribution in [3.63, 3.8) is 0 Å². The van der Waals surface area contributed by atoms with Crippen LogP contribution in [0, 0.1) is 19.7 Å². The van der Waals surface area contributed by atoms with Crippen LogP contribution in [0.15, 0.2) is 29.4 Å². The van der Waals surface area contributed by atoms with Crippen LogP contribution in [-0.4, -0.2) is 28.0 Å². The molecular weight excluding hydrogens is 378 g/mol. The summed E-state index contributed by atoms with van der Waals surface area (Å²) in [5, 5.41) is 2.44. The minimum absolute atomic E-state index is 0.0147. The number of alkyl halides is 3. The molecule has 2 aromatic heterocycles. The van der Waals surface area contributed by atoms with Gasteiger partial charge in [0.1, 0.15) is 5.82 Å². The first kappa shape index (κ1) is 18.0. The van der Waals surface area contributed by atoms with Gasteiger partial charge in [-0.1, -0.05) is 12.1 Å². The number of hydrogen-bond acceptors (Lipinski definition) is 5. The lowest BCUT2D eigenvalue weighted by Crippen LogP contribution is -2.17. The van der Waals surface area contributed by atoms with Crippen molar-refractivity contribution in [2.24, 2.45) is 0 Å². The molecule has 0 unspecified atom stereocenters. The molecule has 7 nitrogen and oxygen atoms in total. The van der Waals surface area contributed by atoms with E-state index in [0.717, 1.165) is 6.07 Å². The summed E-state index contributed by atoms with van der Waals surface area (Å²) >= 11 is 0. The van der Waals surface area contributed by atoms with Crippen molar-refractivity contribution in [1.29, 1.82) is 0 Å². The Morgan fingerprint density at radius 3 is 2.46 bits per heavy atom. The highest BCUT2D eigenvalue weighted by molar-refractivity contribution is 7.92. The van der Waals surface area contributed by atoms with Crippen LogP contribution in [0.1, 0.15) is 17.0 Å². The number of para-hydroxylation sites is 1. The molecule has 3 rings (SSSR count). The molecular formula is C14H11F4N5O2S. The molecule has 0 aliphatic rings. The summed E-state index contributed by atoms with van der Waals surface area (Å²) < 4.78 is 80.3. The zero-order chi connectivity index (χ0) is 19.3. The van der Waals surface area contributed by atoms with Crippen LogP contribution in [0.5, 0.6) is 0 Å². The number of fused-ring (bicyclic) bond motifs is 1. The molecule has 0 spiro atoms. The molecule has 0 aliphatic heterocycles. The first-order valence-corrected chi connectivity index (χ1v) is 8.57. The second kappa shape index (κ2) is 5.90. The molecule has 0 fully saturated rings. The number of sulfonamides is 1. The standard InChI is InChI=1S/C14H11F4N5O2S/c1-7-4-3-5-9(15)11(7)22-26(24,25)13-20-12-19-8(2)6-10(14(16,17)18)23(12)21-13/h3-6,22H,1-2H3. The number of halogens is 4. The van der Waals surface area contributed by atoms with Gasteiger partial charge in [0.05, 0.1) is 5.69 Å². The highest BCUT2D eigenvalue weighted by atomic mass is 32.2. The Morgan fingerprint density at radius 1 is 1.15 bits per heavy atom. The third-order valence-electron chi connectivity index (χ3n) is 3.41. The van der Waals surface area contributed by atoms with Gasteiger partial charge in [-0.3, -0.25) is 4.72 Å². The van der Waals surface area contributed by atoms with Gasteiger partial charge in [0.2, 0.25) is 0 Å². The molecule has 26 heavy (non-hydrogen) atoms. The first-order chi connectivity index (χ1) is 12.0. The van der Waals surface area contributed by atoms with E-state index in [1.807, 2.05) is 4.72 Å². The number of aromatic nitrogens is 4. The maximum atomic E-state index is 13.8. The van der Waals surface area contributed by atoms with Crippen molar-refractivity contribution in [2.45, 2.75) is 25.2 Å². The van der Waals surface area contributed by atoms with Crippen molar-refractivity contribution < 1.29 is 26.0 Å². The fraction of sp³-hybridized carbons (Fsp3) is 0.214. The largest absolute Gasteiger partial charge is 0.433 e. The van der Waals surface area contributed by atoms with E-state index in [-0.39, 0.29) is 21.5 Å². The van der Waals surface area contributed by atoms with Crippen molar-refractivity contribution in [3.05, 3.63) is 47.0 Å². The highest BCUT2D eigenvalue weighted by Crippen LogP contribution is 2.30. The van der Waals surface area contributed by atoms with Gasteiger partial charge in [-0.2, -0.15) is 31.1 Å². The van der Waals surface area contributed by atoms with E-state index in [1.54, 1.807) is 0 Å². The molecule has 2 heterocycles. The summed E-state index contributed by atoms with van der Waals surface area (Å²) in [7, 11) is -4.54. The van der Waals surface area contributed by atoms with E-state index in [4.69, 9.17) is 0 Å². The van der Waals surface area contributed by atoms with Crippen LogP contribution in [0.2, 0.25) is 0 Å². The molecule has 0 bridgehead atoms. The number of benzene rings is 1. The van der Waals surface area contributed by atoms with Crippen LogP contribution in [0.4, 0.5) is 23.2 Å². The first-order valence-electron chi connectivity index (χ1n) is 7.08. The zero-order valence-electron chi connectivity index (χ0n) is 13.3. The molecule has 0 amide bonds. The van der Waals surface area contributed by atoms with Crippen LogP contribution in [-0.2, 0) is 16.2 Å². The maximum Gasteiger partial charge on any atom is 0.433 e. The summed E-state index contributed by atoms with van der Waals surface area (Å²) in [6.07, 6.45) is -4.80. The lowest BCUT2D eigenvalue weighted by Gasteiger charge is -2.09. The van der Waals surface area contributed by atoms with Gasteiger partial charge in [0.15, 0.2) is 5.69 Å². The number of rotatable bonds is 3. The highest BCUT2D eigenvalue weighted by Gasteiger charge is 2.36. The number of anilines is 1. The SMILES string of the molecule is Cc1cc(C(F)(F)F)n2nc(S(=O)(=O)Nc3c(C)cccc3F)nc2n1. The normalized spacial score (nSPS) is 12.5. The van der Waals surface area contributed by atoms with Crippen molar-refractivity contribution in [2.75, 3.05) is 4.72 Å². The number of nitrogens with one attached hydrogen (secondary N) is 1. The van der Waals surface area contributed by atoms with E-state index in [0.29, 0.717) is 6.07 Å². The Balaban J connectivity index is 2.13. The van der Waals surface area contributed by atoms with Gasteiger partial charge in [-0.25, -0.2) is 9.37 Å². The lowest BCUT2D eigenvalue weighted by atomic mass is 10.2. The van der Waals surface area contributed by atoms with Gasteiger partial charge >= 0.3 is 6.18 Å². The number of nitrogens with zero attached hydrogens (tertiary/aromatic N) is 4. The van der Waals surface area contributed by atoms with Gasteiger partial charge in [0.25, 0.3) is 21.0 Å². The molecule has 0 saturated carbocycles. The molecule has 1 N–H and O–H groups in total. The Morgan fingerprint density at radius 2 is 1.85 bits per heavy atom. The second-order valence-corrected chi connectivity index (χ2v) is 7.00. The van der Waals surface area contributed by atoms with Crippen molar-refractivity contribution >= 4 is 21.5 Å². The zero-order valence-corrected chi connectivity index (χ0v) is 14.2. The molecule has 1 aromatic carbocycles. The van der Waals surface area contributed by atoms with E-state index < -0.39 is 38.6 Å². The van der Waals surface area contributed by atoms with Gasteiger partial charge in [0, 0.05) is 5.69 Å². The molecule has 0 saturated heterocycles. The van der Waals surface area contributed by atoms with Crippen LogP contribution < -0.4 is 4.72 Å². The second-order valence-electron chi connectivity index (χ2n) is 5.42. The maximum absolute atomic E-state index is 13.8. The Bertz CT molecular complexity index is 1090. The quantitative estimate of drug-likeness (QED) is 0.696.